The molecule has 0 aliphatic rings. The van der Waals surface area contributed by atoms with Gasteiger partial charge >= 0.3 is 0 Å². The van der Waals surface area contributed by atoms with E-state index in [0.29, 0.717) is 38.9 Å². The van der Waals surface area contributed by atoms with Gasteiger partial charge in [0.25, 0.3) is 0 Å². The molecular formula is C15H12N2O2. The fourth-order valence-electron chi connectivity index (χ4n) is 2.21. The van der Waals surface area contributed by atoms with Gasteiger partial charge in [-0.1, -0.05) is 12.7 Å². The van der Waals surface area contributed by atoms with Gasteiger partial charge in [-0.2, -0.15) is 0 Å². The molecule has 0 spiro atoms. The Kier molecular flexibility index (Phi) is 2.32. The van der Waals surface area contributed by atoms with Gasteiger partial charge in [0.2, 0.25) is 5.43 Å². The summed E-state index contributed by atoms with van der Waals surface area (Å²) in [5, 5.41) is 0.982. The van der Waals surface area contributed by atoms with E-state index in [1.165, 1.54) is 0 Å². The van der Waals surface area contributed by atoms with E-state index in [0.717, 1.165) is 0 Å². The van der Waals surface area contributed by atoms with Crippen molar-refractivity contribution in [3.8, 4) is 0 Å². The van der Waals surface area contributed by atoms with E-state index >= 15 is 0 Å². The number of rotatable bonds is 1. The first-order chi connectivity index (χ1) is 9.10. The van der Waals surface area contributed by atoms with Crippen molar-refractivity contribution in [1.82, 2.24) is 0 Å². The van der Waals surface area contributed by atoms with Gasteiger partial charge in [-0.05, 0) is 23.8 Å². The lowest BCUT2D eigenvalue weighted by molar-refractivity contribution is 0.660. The third-order valence-electron chi connectivity index (χ3n) is 3.07. The van der Waals surface area contributed by atoms with Gasteiger partial charge in [-0.15, -0.1) is 0 Å². The molecule has 2 aromatic carbocycles. The lowest BCUT2D eigenvalue weighted by Crippen LogP contribution is -2.05. The summed E-state index contributed by atoms with van der Waals surface area (Å²) in [5.74, 6) is 0. The van der Waals surface area contributed by atoms with Crippen LogP contribution in [-0.2, 0) is 0 Å². The third kappa shape index (κ3) is 1.65. The first kappa shape index (κ1) is 11.3. The topological polar surface area (TPSA) is 82.2 Å². The lowest BCUT2D eigenvalue weighted by atomic mass is 10.1. The summed E-state index contributed by atoms with van der Waals surface area (Å²) in [7, 11) is 0. The van der Waals surface area contributed by atoms with Gasteiger partial charge in [-0.3, -0.25) is 4.79 Å². The van der Waals surface area contributed by atoms with Crippen LogP contribution in [0, 0.1) is 0 Å². The van der Waals surface area contributed by atoms with E-state index in [4.69, 9.17) is 15.9 Å². The van der Waals surface area contributed by atoms with Crippen molar-refractivity contribution in [2.75, 3.05) is 11.5 Å². The molecule has 4 N–H and O–H groups in total. The molecule has 1 heterocycles. The summed E-state index contributed by atoms with van der Waals surface area (Å²) in [5.41, 5.74) is 14.0. The number of hydrogen-bond donors (Lipinski definition) is 2. The monoisotopic (exact) mass is 252 g/mol. The van der Waals surface area contributed by atoms with E-state index in [2.05, 4.69) is 6.58 Å². The Morgan fingerprint density at radius 3 is 2.53 bits per heavy atom. The van der Waals surface area contributed by atoms with Crippen LogP contribution in [0.2, 0.25) is 0 Å². The fraction of sp³-hybridized carbons (Fsp3) is 0. The SMILES string of the molecule is C=Cc1cc(N)cc2oc3cc(N)ccc3c(=O)c12. The Morgan fingerprint density at radius 1 is 1.05 bits per heavy atom. The molecular weight excluding hydrogens is 240 g/mol. The molecule has 0 aliphatic carbocycles. The number of nitrogens with two attached hydrogens (primary N) is 2. The summed E-state index contributed by atoms with van der Waals surface area (Å²) in [6, 6.07) is 8.31. The Balaban J connectivity index is 2.61. The first-order valence-corrected chi connectivity index (χ1v) is 5.78. The van der Waals surface area contributed by atoms with E-state index in [1.54, 1.807) is 36.4 Å². The maximum absolute atomic E-state index is 12.5. The Labute approximate surface area is 108 Å². The minimum absolute atomic E-state index is 0.105. The molecule has 3 aromatic rings. The van der Waals surface area contributed by atoms with E-state index in [-0.39, 0.29) is 5.43 Å². The molecule has 19 heavy (non-hydrogen) atoms. The number of benzene rings is 2. The first-order valence-electron chi connectivity index (χ1n) is 5.78. The average Bonchev–Trinajstić information content (AvgIpc) is 2.37. The predicted molar refractivity (Wildman–Crippen MR) is 78.9 cm³/mol. The Morgan fingerprint density at radius 2 is 1.79 bits per heavy atom. The van der Waals surface area contributed by atoms with Gasteiger partial charge in [0.15, 0.2) is 0 Å². The summed E-state index contributed by atoms with van der Waals surface area (Å²) in [4.78, 5) is 12.5. The summed E-state index contributed by atoms with van der Waals surface area (Å²) < 4.78 is 5.72. The molecule has 0 aliphatic heterocycles. The summed E-state index contributed by atoms with van der Waals surface area (Å²) in [6.07, 6.45) is 1.60. The predicted octanol–water partition coefficient (Wildman–Crippen LogP) is 2.75. The van der Waals surface area contributed by atoms with Crippen LogP contribution in [-0.4, -0.2) is 0 Å². The molecule has 1 aromatic heterocycles. The molecule has 0 amide bonds. The molecule has 0 bridgehead atoms. The molecule has 0 saturated heterocycles. The van der Waals surface area contributed by atoms with Crippen LogP contribution in [0.1, 0.15) is 5.56 Å². The van der Waals surface area contributed by atoms with E-state index in [9.17, 15) is 4.79 Å². The number of fused-ring (bicyclic) bond motifs is 2. The standard InChI is InChI=1S/C15H12N2O2/c1-2-8-5-10(17)7-13-14(8)15(18)11-4-3-9(16)6-12(11)19-13/h2-7H,1,16-17H2. The third-order valence-corrected chi connectivity index (χ3v) is 3.07. The average molecular weight is 252 g/mol. The molecule has 0 fully saturated rings. The molecule has 94 valence electrons. The van der Waals surface area contributed by atoms with Crippen LogP contribution < -0.4 is 16.9 Å². The summed E-state index contributed by atoms with van der Waals surface area (Å²) >= 11 is 0. The normalized spacial score (nSPS) is 10.9. The van der Waals surface area contributed by atoms with Gasteiger partial charge in [0.1, 0.15) is 11.2 Å². The highest BCUT2D eigenvalue weighted by atomic mass is 16.3. The number of hydrogen-bond acceptors (Lipinski definition) is 4. The molecule has 0 saturated carbocycles. The van der Waals surface area contributed by atoms with Crippen LogP contribution in [0.25, 0.3) is 28.0 Å². The zero-order valence-corrected chi connectivity index (χ0v) is 10.1. The van der Waals surface area contributed by atoms with Crippen molar-refractivity contribution in [3.05, 3.63) is 52.7 Å². The second kappa shape index (κ2) is 3.88. The quantitative estimate of drug-likeness (QED) is 0.515. The van der Waals surface area contributed by atoms with Crippen LogP contribution in [0.4, 0.5) is 11.4 Å². The summed E-state index contributed by atoms with van der Waals surface area (Å²) in [6.45, 7) is 3.70. The minimum atomic E-state index is -0.105. The second-order valence-corrected chi connectivity index (χ2v) is 4.37. The van der Waals surface area contributed by atoms with Crippen molar-refractivity contribution < 1.29 is 4.42 Å². The highest BCUT2D eigenvalue weighted by Crippen LogP contribution is 2.25. The zero-order chi connectivity index (χ0) is 13.6. The van der Waals surface area contributed by atoms with Crippen molar-refractivity contribution >= 4 is 39.4 Å². The molecule has 0 atom stereocenters. The largest absolute Gasteiger partial charge is 0.456 e. The van der Waals surface area contributed by atoms with Crippen LogP contribution >= 0.6 is 0 Å². The van der Waals surface area contributed by atoms with Crippen LogP contribution in [0.15, 0.2) is 46.1 Å². The maximum Gasteiger partial charge on any atom is 0.201 e. The molecule has 3 rings (SSSR count). The fourth-order valence-corrected chi connectivity index (χ4v) is 2.21. The lowest BCUT2D eigenvalue weighted by Gasteiger charge is -2.06. The van der Waals surface area contributed by atoms with Gasteiger partial charge in [0.05, 0.1) is 10.8 Å². The van der Waals surface area contributed by atoms with Gasteiger partial charge < -0.3 is 15.9 Å². The highest BCUT2D eigenvalue weighted by Gasteiger charge is 2.11. The van der Waals surface area contributed by atoms with Crippen LogP contribution in [0.3, 0.4) is 0 Å². The van der Waals surface area contributed by atoms with E-state index < -0.39 is 0 Å². The Hall–Kier alpha value is -2.75. The molecule has 4 nitrogen and oxygen atoms in total. The zero-order valence-electron chi connectivity index (χ0n) is 10.1. The highest BCUT2D eigenvalue weighted by molar-refractivity contribution is 5.96. The molecule has 0 radical (unpaired) electrons. The van der Waals surface area contributed by atoms with Crippen molar-refractivity contribution in [1.29, 1.82) is 0 Å². The van der Waals surface area contributed by atoms with Crippen molar-refractivity contribution in [3.63, 3.8) is 0 Å². The minimum Gasteiger partial charge on any atom is -0.456 e. The Bertz CT molecular complexity index is 879. The van der Waals surface area contributed by atoms with E-state index in [1.807, 2.05) is 0 Å². The molecule has 0 unspecified atom stereocenters. The van der Waals surface area contributed by atoms with Crippen molar-refractivity contribution in [2.45, 2.75) is 0 Å². The number of anilines is 2. The second-order valence-electron chi connectivity index (χ2n) is 4.37. The van der Waals surface area contributed by atoms with Crippen LogP contribution in [0.5, 0.6) is 0 Å². The number of nitrogen functional groups attached to an aromatic ring is 2. The van der Waals surface area contributed by atoms with Gasteiger partial charge in [0, 0.05) is 23.5 Å². The molecule has 4 heteroatoms. The maximum atomic E-state index is 12.5. The van der Waals surface area contributed by atoms with Gasteiger partial charge in [-0.25, -0.2) is 0 Å². The van der Waals surface area contributed by atoms with Crippen molar-refractivity contribution in [2.24, 2.45) is 0 Å². The smallest absolute Gasteiger partial charge is 0.201 e.